The molecule has 3 nitrogen and oxygen atoms in total. The first-order chi connectivity index (χ1) is 9.24. The average molecular weight is 251 g/mol. The van der Waals surface area contributed by atoms with Gasteiger partial charge in [0.25, 0.3) is 0 Å². The van der Waals surface area contributed by atoms with Gasteiger partial charge in [0.1, 0.15) is 0 Å². The van der Waals surface area contributed by atoms with Crippen molar-refractivity contribution < 1.29 is 9.90 Å². The first kappa shape index (κ1) is 11.5. The van der Waals surface area contributed by atoms with Crippen LogP contribution in [-0.2, 0) is 6.42 Å². The maximum absolute atomic E-state index is 10.8. The van der Waals surface area contributed by atoms with Crippen LogP contribution in [0.4, 0.5) is 0 Å². The number of nitrogens with one attached hydrogen (secondary N) is 1. The molecular weight excluding hydrogens is 238 g/mol. The van der Waals surface area contributed by atoms with Crippen molar-refractivity contribution in [2.75, 3.05) is 0 Å². The number of fused-ring (bicyclic) bond motifs is 1. The first-order valence-electron chi connectivity index (χ1n) is 6.11. The maximum Gasteiger partial charge on any atom is 0.335 e. The molecule has 1 aromatic heterocycles. The molecule has 0 radical (unpaired) electrons. The molecule has 0 fully saturated rings. The number of para-hydroxylation sites is 1. The summed E-state index contributed by atoms with van der Waals surface area (Å²) in [6.07, 6.45) is 2.72. The first-order valence-corrected chi connectivity index (χ1v) is 6.11. The number of rotatable bonds is 3. The van der Waals surface area contributed by atoms with Crippen LogP contribution < -0.4 is 0 Å². The molecule has 94 valence electrons. The quantitative estimate of drug-likeness (QED) is 0.749. The van der Waals surface area contributed by atoms with Crippen molar-refractivity contribution in [3.05, 3.63) is 71.4 Å². The Morgan fingerprint density at radius 3 is 2.58 bits per heavy atom. The Bertz CT molecular complexity index is 726. The zero-order chi connectivity index (χ0) is 13.2. The number of carboxylic acids is 1. The SMILES string of the molecule is O=C(O)c1ccc(Cc2cccc3cc[nH]c23)cc1. The third-order valence-electron chi connectivity index (χ3n) is 3.27. The van der Waals surface area contributed by atoms with E-state index in [4.69, 9.17) is 5.11 Å². The second kappa shape index (κ2) is 4.61. The van der Waals surface area contributed by atoms with Gasteiger partial charge in [0, 0.05) is 11.7 Å². The van der Waals surface area contributed by atoms with Gasteiger partial charge in [-0.05, 0) is 41.1 Å². The summed E-state index contributed by atoms with van der Waals surface area (Å²) in [7, 11) is 0. The summed E-state index contributed by atoms with van der Waals surface area (Å²) >= 11 is 0. The van der Waals surface area contributed by atoms with E-state index < -0.39 is 5.97 Å². The van der Waals surface area contributed by atoms with Crippen LogP contribution in [0.3, 0.4) is 0 Å². The van der Waals surface area contributed by atoms with Crippen LogP contribution >= 0.6 is 0 Å². The molecule has 1 heterocycles. The summed E-state index contributed by atoms with van der Waals surface area (Å²) in [4.78, 5) is 14.0. The number of benzene rings is 2. The Morgan fingerprint density at radius 1 is 1.05 bits per heavy atom. The van der Waals surface area contributed by atoms with Crippen molar-refractivity contribution in [2.45, 2.75) is 6.42 Å². The van der Waals surface area contributed by atoms with Gasteiger partial charge in [-0.15, -0.1) is 0 Å². The molecule has 3 rings (SSSR count). The number of hydrogen-bond donors (Lipinski definition) is 2. The lowest BCUT2D eigenvalue weighted by atomic mass is 10.0. The number of aromatic nitrogens is 1. The van der Waals surface area contributed by atoms with E-state index in [-0.39, 0.29) is 0 Å². The fourth-order valence-corrected chi connectivity index (χ4v) is 2.28. The van der Waals surface area contributed by atoms with Crippen molar-refractivity contribution in [2.24, 2.45) is 0 Å². The van der Waals surface area contributed by atoms with Gasteiger partial charge in [0.15, 0.2) is 0 Å². The smallest absolute Gasteiger partial charge is 0.335 e. The Hall–Kier alpha value is -2.55. The van der Waals surface area contributed by atoms with E-state index in [0.717, 1.165) is 17.5 Å². The number of H-pyrrole nitrogens is 1. The van der Waals surface area contributed by atoms with Gasteiger partial charge >= 0.3 is 5.97 Å². The Balaban J connectivity index is 1.92. The number of aromatic amines is 1. The van der Waals surface area contributed by atoms with Crippen LogP contribution in [0.2, 0.25) is 0 Å². The molecule has 0 aliphatic carbocycles. The number of hydrogen-bond acceptors (Lipinski definition) is 1. The summed E-state index contributed by atoms with van der Waals surface area (Å²) in [6, 6.07) is 15.3. The molecule has 2 aromatic carbocycles. The molecule has 0 aliphatic rings. The maximum atomic E-state index is 10.8. The van der Waals surface area contributed by atoms with Crippen LogP contribution in [0.5, 0.6) is 0 Å². The molecular formula is C16H13NO2. The normalized spacial score (nSPS) is 10.7. The van der Waals surface area contributed by atoms with E-state index in [9.17, 15) is 4.79 Å². The van der Waals surface area contributed by atoms with Gasteiger partial charge in [0.2, 0.25) is 0 Å². The van der Waals surface area contributed by atoms with E-state index in [1.807, 2.05) is 30.5 Å². The standard InChI is InChI=1S/C16H13NO2/c18-16(19)13-6-4-11(5-7-13)10-14-3-1-2-12-8-9-17-15(12)14/h1-9,17H,10H2,(H,18,19). The van der Waals surface area contributed by atoms with E-state index in [1.165, 1.54) is 10.9 Å². The number of aromatic carboxylic acids is 1. The third-order valence-corrected chi connectivity index (χ3v) is 3.27. The third kappa shape index (κ3) is 2.22. The van der Waals surface area contributed by atoms with Crippen LogP contribution in [-0.4, -0.2) is 16.1 Å². The molecule has 0 aliphatic heterocycles. The highest BCUT2D eigenvalue weighted by Gasteiger charge is 2.05. The Kier molecular flexibility index (Phi) is 2.80. The Labute approximate surface area is 110 Å². The predicted molar refractivity (Wildman–Crippen MR) is 74.5 cm³/mol. The zero-order valence-corrected chi connectivity index (χ0v) is 10.3. The summed E-state index contributed by atoms with van der Waals surface area (Å²) in [5, 5.41) is 10.1. The minimum absolute atomic E-state index is 0.321. The van der Waals surface area contributed by atoms with E-state index >= 15 is 0 Å². The molecule has 0 saturated carbocycles. The number of carbonyl (C=O) groups is 1. The lowest BCUT2D eigenvalue weighted by molar-refractivity contribution is 0.0697. The molecule has 3 aromatic rings. The second-order valence-corrected chi connectivity index (χ2v) is 4.54. The van der Waals surface area contributed by atoms with Crippen LogP contribution in [0.15, 0.2) is 54.7 Å². The monoisotopic (exact) mass is 251 g/mol. The van der Waals surface area contributed by atoms with Gasteiger partial charge in [-0.1, -0.05) is 30.3 Å². The Morgan fingerprint density at radius 2 is 1.84 bits per heavy atom. The summed E-state index contributed by atoms with van der Waals surface area (Å²) < 4.78 is 0. The van der Waals surface area contributed by atoms with Crippen molar-refractivity contribution in [3.8, 4) is 0 Å². The van der Waals surface area contributed by atoms with Crippen LogP contribution in [0, 0.1) is 0 Å². The molecule has 0 spiro atoms. The van der Waals surface area contributed by atoms with E-state index in [0.29, 0.717) is 5.56 Å². The molecule has 19 heavy (non-hydrogen) atoms. The van der Waals surface area contributed by atoms with Crippen molar-refractivity contribution in [1.82, 2.24) is 4.98 Å². The lowest BCUT2D eigenvalue weighted by Crippen LogP contribution is -1.96. The molecule has 0 saturated heterocycles. The fourth-order valence-electron chi connectivity index (χ4n) is 2.28. The van der Waals surface area contributed by atoms with E-state index in [1.54, 1.807) is 12.1 Å². The molecule has 0 bridgehead atoms. The summed E-state index contributed by atoms with van der Waals surface area (Å²) in [5.74, 6) is -0.891. The number of carboxylic acid groups (broad SMARTS) is 1. The van der Waals surface area contributed by atoms with Crippen LogP contribution in [0.1, 0.15) is 21.5 Å². The van der Waals surface area contributed by atoms with Gasteiger partial charge in [0.05, 0.1) is 5.56 Å². The van der Waals surface area contributed by atoms with Gasteiger partial charge < -0.3 is 10.1 Å². The average Bonchev–Trinajstić information content (AvgIpc) is 2.89. The van der Waals surface area contributed by atoms with Gasteiger partial charge in [-0.3, -0.25) is 0 Å². The van der Waals surface area contributed by atoms with Gasteiger partial charge in [-0.25, -0.2) is 4.79 Å². The highest BCUT2D eigenvalue weighted by Crippen LogP contribution is 2.20. The molecule has 2 N–H and O–H groups in total. The molecule has 0 amide bonds. The topological polar surface area (TPSA) is 53.1 Å². The van der Waals surface area contributed by atoms with Crippen molar-refractivity contribution in [3.63, 3.8) is 0 Å². The van der Waals surface area contributed by atoms with Crippen molar-refractivity contribution in [1.29, 1.82) is 0 Å². The fraction of sp³-hybridized carbons (Fsp3) is 0.0625. The highest BCUT2D eigenvalue weighted by atomic mass is 16.4. The van der Waals surface area contributed by atoms with E-state index in [2.05, 4.69) is 17.1 Å². The summed E-state index contributed by atoms with van der Waals surface area (Å²) in [6.45, 7) is 0. The predicted octanol–water partition coefficient (Wildman–Crippen LogP) is 3.46. The molecule has 0 atom stereocenters. The largest absolute Gasteiger partial charge is 0.478 e. The molecule has 0 unspecified atom stereocenters. The second-order valence-electron chi connectivity index (χ2n) is 4.54. The minimum atomic E-state index is -0.891. The highest BCUT2D eigenvalue weighted by molar-refractivity contribution is 5.87. The van der Waals surface area contributed by atoms with Crippen molar-refractivity contribution >= 4 is 16.9 Å². The zero-order valence-electron chi connectivity index (χ0n) is 10.3. The van der Waals surface area contributed by atoms with Crippen LogP contribution in [0.25, 0.3) is 10.9 Å². The van der Waals surface area contributed by atoms with Gasteiger partial charge in [-0.2, -0.15) is 0 Å². The minimum Gasteiger partial charge on any atom is -0.478 e. The lowest BCUT2D eigenvalue weighted by Gasteiger charge is -2.04. The summed E-state index contributed by atoms with van der Waals surface area (Å²) in [5.41, 5.74) is 3.78. The molecule has 3 heteroatoms.